The molecule has 0 saturated carbocycles. The summed E-state index contributed by atoms with van der Waals surface area (Å²) in [6.45, 7) is 6.68. The minimum absolute atomic E-state index is 0.131. The van der Waals surface area contributed by atoms with Gasteiger partial charge in [0.1, 0.15) is 12.6 Å². The van der Waals surface area contributed by atoms with Crippen molar-refractivity contribution < 1.29 is 14.7 Å². The largest absolute Gasteiger partial charge is 0.393 e. The summed E-state index contributed by atoms with van der Waals surface area (Å²) < 4.78 is 0.821. The lowest BCUT2D eigenvalue weighted by Crippen LogP contribution is -2.49. The van der Waals surface area contributed by atoms with Crippen LogP contribution in [0.1, 0.15) is 13.8 Å². The van der Waals surface area contributed by atoms with Gasteiger partial charge in [0.15, 0.2) is 0 Å². The van der Waals surface area contributed by atoms with Crippen molar-refractivity contribution in [1.82, 2.24) is 0 Å². The third kappa shape index (κ3) is 3.70. The molecule has 0 aromatic heterocycles. The van der Waals surface area contributed by atoms with Crippen molar-refractivity contribution in [2.45, 2.75) is 20.0 Å². The standard InChI is InChI=1S/C8H20NO2/c1-4-9(3,5-2)6-8(11)7-10/h8,10-11H,4-7H2,1-3H3/q+1. The summed E-state index contributed by atoms with van der Waals surface area (Å²) in [6.07, 6.45) is -0.570. The van der Waals surface area contributed by atoms with Gasteiger partial charge >= 0.3 is 0 Å². The van der Waals surface area contributed by atoms with Crippen LogP contribution in [0.25, 0.3) is 0 Å². The topological polar surface area (TPSA) is 40.5 Å². The first-order valence-electron chi connectivity index (χ1n) is 4.20. The van der Waals surface area contributed by atoms with E-state index >= 15 is 0 Å². The van der Waals surface area contributed by atoms with E-state index in [-0.39, 0.29) is 6.61 Å². The molecule has 0 aliphatic rings. The number of hydrogen-bond acceptors (Lipinski definition) is 2. The number of nitrogens with zero attached hydrogens (tertiary/aromatic N) is 1. The van der Waals surface area contributed by atoms with E-state index in [1.54, 1.807) is 0 Å². The molecule has 0 saturated heterocycles. The van der Waals surface area contributed by atoms with Gasteiger partial charge in [-0.15, -0.1) is 0 Å². The molecule has 0 aliphatic carbocycles. The van der Waals surface area contributed by atoms with Gasteiger partial charge in [-0.25, -0.2) is 0 Å². The monoisotopic (exact) mass is 162 g/mol. The summed E-state index contributed by atoms with van der Waals surface area (Å²) in [5.41, 5.74) is 0. The second-order valence-corrected chi connectivity index (χ2v) is 3.27. The summed E-state index contributed by atoms with van der Waals surface area (Å²) in [5, 5.41) is 17.8. The van der Waals surface area contributed by atoms with Crippen molar-refractivity contribution in [3.8, 4) is 0 Å². The highest BCUT2D eigenvalue weighted by atomic mass is 16.3. The van der Waals surface area contributed by atoms with Crippen LogP contribution in [0.5, 0.6) is 0 Å². The van der Waals surface area contributed by atoms with E-state index in [4.69, 9.17) is 5.11 Å². The molecule has 1 atom stereocenters. The van der Waals surface area contributed by atoms with Crippen molar-refractivity contribution in [2.24, 2.45) is 0 Å². The number of quaternary nitrogens is 1. The molecule has 3 heteroatoms. The minimum atomic E-state index is -0.570. The number of aliphatic hydroxyl groups is 2. The van der Waals surface area contributed by atoms with E-state index in [0.29, 0.717) is 6.54 Å². The summed E-state index contributed by atoms with van der Waals surface area (Å²) in [5.74, 6) is 0. The lowest BCUT2D eigenvalue weighted by Gasteiger charge is -2.33. The molecule has 0 bridgehead atoms. The van der Waals surface area contributed by atoms with Crippen LogP contribution in [0.2, 0.25) is 0 Å². The van der Waals surface area contributed by atoms with E-state index in [9.17, 15) is 5.11 Å². The van der Waals surface area contributed by atoms with Crippen molar-refractivity contribution >= 4 is 0 Å². The summed E-state index contributed by atoms with van der Waals surface area (Å²) in [6, 6.07) is 0. The summed E-state index contributed by atoms with van der Waals surface area (Å²) >= 11 is 0. The van der Waals surface area contributed by atoms with Gasteiger partial charge in [-0.1, -0.05) is 0 Å². The number of aliphatic hydroxyl groups excluding tert-OH is 2. The maximum Gasteiger partial charge on any atom is 0.126 e. The van der Waals surface area contributed by atoms with Crippen LogP contribution in [-0.4, -0.2) is 54.1 Å². The third-order valence-corrected chi connectivity index (χ3v) is 2.39. The van der Waals surface area contributed by atoms with Crippen molar-refractivity contribution in [3.05, 3.63) is 0 Å². The fourth-order valence-corrected chi connectivity index (χ4v) is 1.05. The molecular formula is C8H20NO2+. The van der Waals surface area contributed by atoms with Crippen LogP contribution in [0, 0.1) is 0 Å². The SMILES string of the molecule is CC[N+](C)(CC)CC(O)CO. The van der Waals surface area contributed by atoms with Crippen LogP contribution in [0.15, 0.2) is 0 Å². The van der Waals surface area contributed by atoms with Crippen LogP contribution in [-0.2, 0) is 0 Å². The first-order chi connectivity index (χ1) is 5.08. The lowest BCUT2D eigenvalue weighted by molar-refractivity contribution is -0.909. The Morgan fingerprint density at radius 1 is 1.27 bits per heavy atom. The molecule has 0 fully saturated rings. The number of rotatable bonds is 5. The van der Waals surface area contributed by atoms with Crippen molar-refractivity contribution in [2.75, 3.05) is 33.3 Å². The van der Waals surface area contributed by atoms with Gasteiger partial charge in [0, 0.05) is 0 Å². The zero-order chi connectivity index (χ0) is 8.91. The highest BCUT2D eigenvalue weighted by molar-refractivity contribution is 4.49. The maximum atomic E-state index is 9.19. The van der Waals surface area contributed by atoms with Gasteiger partial charge in [-0.2, -0.15) is 0 Å². The number of hydrogen-bond donors (Lipinski definition) is 2. The Bertz CT molecular complexity index is 102. The van der Waals surface area contributed by atoms with E-state index in [2.05, 4.69) is 20.9 Å². The highest BCUT2D eigenvalue weighted by Crippen LogP contribution is 2.02. The van der Waals surface area contributed by atoms with Crippen LogP contribution < -0.4 is 0 Å². The molecule has 3 nitrogen and oxygen atoms in total. The molecule has 0 amide bonds. The van der Waals surface area contributed by atoms with Gasteiger partial charge in [-0.3, -0.25) is 0 Å². The summed E-state index contributed by atoms with van der Waals surface area (Å²) in [4.78, 5) is 0. The van der Waals surface area contributed by atoms with Crippen LogP contribution in [0.4, 0.5) is 0 Å². The molecule has 0 radical (unpaired) electrons. The molecule has 1 unspecified atom stereocenters. The predicted molar refractivity (Wildman–Crippen MR) is 45.2 cm³/mol. The molecule has 0 aromatic rings. The van der Waals surface area contributed by atoms with Gasteiger partial charge in [0.25, 0.3) is 0 Å². The van der Waals surface area contributed by atoms with Crippen molar-refractivity contribution in [3.63, 3.8) is 0 Å². The fraction of sp³-hybridized carbons (Fsp3) is 1.00. The molecule has 2 N–H and O–H groups in total. The van der Waals surface area contributed by atoms with Gasteiger partial charge in [0.05, 0.1) is 26.7 Å². The Morgan fingerprint density at radius 2 is 1.73 bits per heavy atom. The highest BCUT2D eigenvalue weighted by Gasteiger charge is 2.20. The van der Waals surface area contributed by atoms with E-state index in [1.807, 2.05) is 0 Å². The zero-order valence-corrected chi connectivity index (χ0v) is 7.75. The molecule has 0 aromatic carbocycles. The van der Waals surface area contributed by atoms with E-state index < -0.39 is 6.10 Å². The minimum Gasteiger partial charge on any atom is -0.393 e. The second kappa shape index (κ2) is 4.70. The quantitative estimate of drug-likeness (QED) is 0.551. The van der Waals surface area contributed by atoms with Crippen LogP contribution in [0.3, 0.4) is 0 Å². The first-order valence-corrected chi connectivity index (χ1v) is 4.20. The summed E-state index contributed by atoms with van der Waals surface area (Å²) in [7, 11) is 2.08. The molecule has 0 heterocycles. The molecule has 0 rings (SSSR count). The fourth-order valence-electron chi connectivity index (χ4n) is 1.05. The van der Waals surface area contributed by atoms with Gasteiger partial charge in [-0.05, 0) is 13.8 Å². The van der Waals surface area contributed by atoms with Crippen LogP contribution >= 0.6 is 0 Å². The average Bonchev–Trinajstić information content (AvgIpc) is 2.04. The Kier molecular flexibility index (Phi) is 4.65. The predicted octanol–water partition coefficient (Wildman–Crippen LogP) is -0.174. The second-order valence-electron chi connectivity index (χ2n) is 3.27. The van der Waals surface area contributed by atoms with E-state index in [0.717, 1.165) is 17.6 Å². The molecule has 11 heavy (non-hydrogen) atoms. The Balaban J connectivity index is 3.86. The Hall–Kier alpha value is -0.120. The van der Waals surface area contributed by atoms with Gasteiger partial charge in [0.2, 0.25) is 0 Å². The third-order valence-electron chi connectivity index (χ3n) is 2.39. The van der Waals surface area contributed by atoms with Gasteiger partial charge < -0.3 is 14.7 Å². The number of likely N-dealkylation sites (N-methyl/N-ethyl adjacent to an activating group) is 1. The molecule has 0 spiro atoms. The Labute approximate surface area is 68.9 Å². The zero-order valence-electron chi connectivity index (χ0n) is 7.75. The Morgan fingerprint density at radius 3 is 2.00 bits per heavy atom. The lowest BCUT2D eigenvalue weighted by atomic mass is 10.3. The molecular weight excluding hydrogens is 142 g/mol. The molecule has 0 aliphatic heterocycles. The first kappa shape index (κ1) is 10.9. The normalized spacial score (nSPS) is 15.0. The average molecular weight is 162 g/mol. The van der Waals surface area contributed by atoms with Crippen molar-refractivity contribution in [1.29, 1.82) is 0 Å². The maximum absolute atomic E-state index is 9.19. The smallest absolute Gasteiger partial charge is 0.126 e. The van der Waals surface area contributed by atoms with E-state index in [1.165, 1.54) is 0 Å². The molecule has 68 valence electrons.